The van der Waals surface area contributed by atoms with E-state index in [1.54, 1.807) is 18.2 Å². The van der Waals surface area contributed by atoms with Crippen molar-refractivity contribution in [2.45, 2.75) is 12.8 Å². The zero-order valence-electron chi connectivity index (χ0n) is 13.4. The van der Waals surface area contributed by atoms with Gasteiger partial charge < -0.3 is 15.3 Å². The summed E-state index contributed by atoms with van der Waals surface area (Å²) in [5.41, 5.74) is 1.76. The van der Waals surface area contributed by atoms with E-state index in [2.05, 4.69) is 10.2 Å². The first kappa shape index (κ1) is 19.1. The standard InChI is InChI=1S/C18H17ClN2O3.ClH/c19-13-5-8-16(15(11-13)18(23)24)20-17(22)12-3-6-14(7-4-12)21-9-1-2-10-21;/h3-8,11H,1-2,9-10H2,(H,20,22)(H,23,24);1H. The van der Waals surface area contributed by atoms with E-state index in [0.29, 0.717) is 10.6 Å². The Hall–Kier alpha value is -2.24. The van der Waals surface area contributed by atoms with Gasteiger partial charge in [0.05, 0.1) is 11.3 Å². The molecule has 5 nitrogen and oxygen atoms in total. The Morgan fingerprint density at radius 2 is 1.68 bits per heavy atom. The molecule has 0 saturated carbocycles. The molecule has 0 spiro atoms. The fourth-order valence-corrected chi connectivity index (χ4v) is 2.97. The van der Waals surface area contributed by atoms with Gasteiger partial charge in [-0.05, 0) is 55.3 Å². The van der Waals surface area contributed by atoms with Crippen molar-refractivity contribution in [3.63, 3.8) is 0 Å². The molecule has 2 aromatic carbocycles. The minimum atomic E-state index is -1.14. The van der Waals surface area contributed by atoms with E-state index in [-0.39, 0.29) is 29.6 Å². The molecular formula is C18H18Cl2N2O3. The number of nitrogens with one attached hydrogen (secondary N) is 1. The number of carboxylic acid groups (broad SMARTS) is 1. The number of amides is 1. The molecule has 1 saturated heterocycles. The molecule has 1 heterocycles. The van der Waals surface area contributed by atoms with Gasteiger partial charge in [-0.25, -0.2) is 4.79 Å². The van der Waals surface area contributed by atoms with Gasteiger partial charge in [-0.3, -0.25) is 4.79 Å². The van der Waals surface area contributed by atoms with Crippen molar-refractivity contribution < 1.29 is 14.7 Å². The number of hydrogen-bond donors (Lipinski definition) is 2. The Kier molecular flexibility index (Phi) is 6.28. The van der Waals surface area contributed by atoms with Gasteiger partial charge in [0.25, 0.3) is 5.91 Å². The fourth-order valence-electron chi connectivity index (χ4n) is 2.80. The molecule has 0 unspecified atom stereocenters. The van der Waals surface area contributed by atoms with Gasteiger partial charge in [0.1, 0.15) is 0 Å². The Bertz CT molecular complexity index is 772. The summed E-state index contributed by atoms with van der Waals surface area (Å²) in [6.07, 6.45) is 2.38. The third-order valence-electron chi connectivity index (χ3n) is 4.06. The van der Waals surface area contributed by atoms with Crippen LogP contribution in [0.5, 0.6) is 0 Å². The lowest BCUT2D eigenvalue weighted by Crippen LogP contribution is -2.18. The summed E-state index contributed by atoms with van der Waals surface area (Å²) < 4.78 is 0. The van der Waals surface area contributed by atoms with Crippen LogP contribution in [0.3, 0.4) is 0 Å². The van der Waals surface area contributed by atoms with E-state index in [0.717, 1.165) is 18.8 Å². The van der Waals surface area contributed by atoms with Crippen molar-refractivity contribution in [3.8, 4) is 0 Å². The molecule has 7 heteroatoms. The van der Waals surface area contributed by atoms with Crippen LogP contribution in [0.2, 0.25) is 5.02 Å². The van der Waals surface area contributed by atoms with Crippen LogP contribution in [0.15, 0.2) is 42.5 Å². The quantitative estimate of drug-likeness (QED) is 0.828. The smallest absolute Gasteiger partial charge is 0.337 e. The Labute approximate surface area is 157 Å². The minimum absolute atomic E-state index is 0. The highest BCUT2D eigenvalue weighted by molar-refractivity contribution is 6.31. The molecule has 132 valence electrons. The average molecular weight is 381 g/mol. The van der Waals surface area contributed by atoms with Gasteiger partial charge in [0, 0.05) is 29.4 Å². The summed E-state index contributed by atoms with van der Waals surface area (Å²) in [4.78, 5) is 25.9. The number of benzene rings is 2. The number of nitrogens with zero attached hydrogens (tertiary/aromatic N) is 1. The summed E-state index contributed by atoms with van der Waals surface area (Å²) >= 11 is 5.81. The predicted octanol–water partition coefficient (Wildman–Crippen LogP) is 4.31. The highest BCUT2D eigenvalue weighted by Crippen LogP contribution is 2.23. The lowest BCUT2D eigenvalue weighted by molar-refractivity contribution is 0.0698. The van der Waals surface area contributed by atoms with Crippen molar-refractivity contribution in [3.05, 3.63) is 58.6 Å². The van der Waals surface area contributed by atoms with Gasteiger partial charge in [-0.1, -0.05) is 11.6 Å². The van der Waals surface area contributed by atoms with E-state index < -0.39 is 5.97 Å². The first-order valence-corrected chi connectivity index (χ1v) is 8.11. The number of carbonyl (C=O) groups excluding carboxylic acids is 1. The Morgan fingerprint density at radius 1 is 1.04 bits per heavy atom. The second kappa shape index (κ2) is 8.23. The number of aromatic carboxylic acids is 1. The first-order chi connectivity index (χ1) is 11.5. The maximum absolute atomic E-state index is 12.4. The van der Waals surface area contributed by atoms with Crippen LogP contribution in [0.4, 0.5) is 11.4 Å². The maximum Gasteiger partial charge on any atom is 0.337 e. The molecule has 0 radical (unpaired) electrons. The first-order valence-electron chi connectivity index (χ1n) is 7.74. The summed E-state index contributed by atoms with van der Waals surface area (Å²) in [6.45, 7) is 2.08. The monoisotopic (exact) mass is 380 g/mol. The molecule has 0 atom stereocenters. The van der Waals surface area contributed by atoms with Gasteiger partial charge in [-0.15, -0.1) is 12.4 Å². The van der Waals surface area contributed by atoms with Crippen LogP contribution in [0, 0.1) is 0 Å². The molecule has 2 N–H and O–H groups in total. The molecule has 3 rings (SSSR count). The lowest BCUT2D eigenvalue weighted by atomic mass is 10.1. The largest absolute Gasteiger partial charge is 0.478 e. The van der Waals surface area contributed by atoms with Crippen LogP contribution in [-0.4, -0.2) is 30.1 Å². The molecule has 0 aromatic heterocycles. The summed E-state index contributed by atoms with van der Waals surface area (Å²) in [7, 11) is 0. The van der Waals surface area contributed by atoms with Crippen LogP contribution < -0.4 is 10.2 Å². The van der Waals surface area contributed by atoms with Crippen molar-refractivity contribution in [1.82, 2.24) is 0 Å². The second-order valence-corrected chi connectivity index (χ2v) is 6.13. The zero-order chi connectivity index (χ0) is 17.1. The highest BCUT2D eigenvalue weighted by Gasteiger charge is 2.16. The molecule has 25 heavy (non-hydrogen) atoms. The lowest BCUT2D eigenvalue weighted by Gasteiger charge is -2.17. The van der Waals surface area contributed by atoms with E-state index in [9.17, 15) is 14.7 Å². The van der Waals surface area contributed by atoms with Crippen molar-refractivity contribution >= 4 is 47.3 Å². The van der Waals surface area contributed by atoms with Gasteiger partial charge in [-0.2, -0.15) is 0 Å². The molecule has 0 bridgehead atoms. The van der Waals surface area contributed by atoms with Crippen molar-refractivity contribution in [1.29, 1.82) is 0 Å². The minimum Gasteiger partial charge on any atom is -0.478 e. The third-order valence-corrected chi connectivity index (χ3v) is 4.30. The number of carbonyl (C=O) groups is 2. The molecule has 1 aliphatic rings. The summed E-state index contributed by atoms with van der Waals surface area (Å²) in [5.74, 6) is -1.50. The van der Waals surface area contributed by atoms with Crippen LogP contribution in [0.25, 0.3) is 0 Å². The second-order valence-electron chi connectivity index (χ2n) is 5.69. The van der Waals surface area contributed by atoms with E-state index in [1.165, 1.54) is 25.0 Å². The molecular weight excluding hydrogens is 363 g/mol. The number of carboxylic acids is 1. The highest BCUT2D eigenvalue weighted by atomic mass is 35.5. The summed E-state index contributed by atoms with van der Waals surface area (Å²) in [5, 5.41) is 12.2. The summed E-state index contributed by atoms with van der Waals surface area (Å²) in [6, 6.07) is 11.7. The molecule has 1 aliphatic heterocycles. The van der Waals surface area contributed by atoms with Crippen molar-refractivity contribution in [2.75, 3.05) is 23.3 Å². The van der Waals surface area contributed by atoms with Crippen LogP contribution in [-0.2, 0) is 0 Å². The number of hydrogen-bond acceptors (Lipinski definition) is 3. The normalized spacial score (nSPS) is 13.2. The van der Waals surface area contributed by atoms with Crippen LogP contribution in [0.1, 0.15) is 33.6 Å². The van der Waals surface area contributed by atoms with Gasteiger partial charge in [0.15, 0.2) is 0 Å². The van der Waals surface area contributed by atoms with E-state index in [4.69, 9.17) is 11.6 Å². The SMILES string of the molecule is Cl.O=C(Nc1ccc(Cl)cc1C(=O)O)c1ccc(N2CCCC2)cc1. The number of rotatable bonds is 4. The van der Waals surface area contributed by atoms with Crippen LogP contribution >= 0.6 is 24.0 Å². The number of anilines is 2. The molecule has 0 aliphatic carbocycles. The van der Waals surface area contributed by atoms with Gasteiger partial charge in [0.2, 0.25) is 0 Å². The fraction of sp³-hybridized carbons (Fsp3) is 0.222. The molecule has 1 fully saturated rings. The van der Waals surface area contributed by atoms with E-state index >= 15 is 0 Å². The van der Waals surface area contributed by atoms with E-state index in [1.807, 2.05) is 12.1 Å². The predicted molar refractivity (Wildman–Crippen MR) is 102 cm³/mol. The average Bonchev–Trinajstić information content (AvgIpc) is 3.11. The molecule has 2 aromatic rings. The topological polar surface area (TPSA) is 69.6 Å². The number of halogens is 2. The zero-order valence-corrected chi connectivity index (χ0v) is 14.9. The Morgan fingerprint density at radius 3 is 2.28 bits per heavy atom. The van der Waals surface area contributed by atoms with Gasteiger partial charge >= 0.3 is 5.97 Å². The molecule has 1 amide bonds. The third kappa shape index (κ3) is 4.44. The Balaban J connectivity index is 0.00000225. The van der Waals surface area contributed by atoms with Crippen molar-refractivity contribution in [2.24, 2.45) is 0 Å². The maximum atomic E-state index is 12.4.